The number of nitrogens with one attached hydrogen (secondary N) is 1. The smallest absolute Gasteiger partial charge is 0.251 e. The molecule has 5 fully saturated rings. The van der Waals surface area contributed by atoms with E-state index in [1.165, 1.54) is 89.2 Å². The SMILES string of the molecule is CC[C@H]1CC2C3CCC([C@H](C)CNC(=O)c4ccc(N5CCCCC5)cc4)C3(C)CC[C@@H]2C2(C)CCCCC12. The summed E-state index contributed by atoms with van der Waals surface area (Å²) in [6.07, 6.45) is 18.4. The fourth-order valence-electron chi connectivity index (χ4n) is 11.5. The van der Waals surface area contributed by atoms with Crippen molar-refractivity contribution in [2.24, 2.45) is 52.3 Å². The summed E-state index contributed by atoms with van der Waals surface area (Å²) in [6.45, 7) is 13.4. The van der Waals surface area contributed by atoms with Crippen LogP contribution in [0.25, 0.3) is 0 Å². The summed E-state index contributed by atoms with van der Waals surface area (Å²) in [5.41, 5.74) is 3.13. The van der Waals surface area contributed by atoms with Gasteiger partial charge in [0.1, 0.15) is 0 Å². The molecular weight excluding hydrogens is 476 g/mol. The number of carbonyl (C=O) groups excluding carboxylic acids is 1. The Labute approximate surface area is 239 Å². The number of hydrogen-bond acceptors (Lipinski definition) is 2. The van der Waals surface area contributed by atoms with Crippen LogP contribution in [0.1, 0.15) is 122 Å². The molecule has 1 saturated heterocycles. The Balaban J connectivity index is 1.09. The van der Waals surface area contributed by atoms with Gasteiger partial charge < -0.3 is 10.2 Å². The molecule has 4 aliphatic carbocycles. The fourth-order valence-corrected chi connectivity index (χ4v) is 11.5. The molecule has 1 N–H and O–H groups in total. The molecule has 4 saturated carbocycles. The van der Waals surface area contributed by atoms with Crippen LogP contribution in [0.2, 0.25) is 0 Å². The van der Waals surface area contributed by atoms with Crippen molar-refractivity contribution in [3.63, 3.8) is 0 Å². The van der Waals surface area contributed by atoms with E-state index in [-0.39, 0.29) is 5.91 Å². The molecule has 0 bridgehead atoms. The first-order chi connectivity index (χ1) is 18.8. The summed E-state index contributed by atoms with van der Waals surface area (Å²) < 4.78 is 0. The van der Waals surface area contributed by atoms with Gasteiger partial charge in [-0.3, -0.25) is 4.79 Å². The van der Waals surface area contributed by atoms with Crippen LogP contribution in [0.5, 0.6) is 0 Å². The number of fused-ring (bicyclic) bond motifs is 5. The number of hydrogen-bond donors (Lipinski definition) is 1. The lowest BCUT2D eigenvalue weighted by Crippen LogP contribution is -2.55. The minimum atomic E-state index is 0.102. The summed E-state index contributed by atoms with van der Waals surface area (Å²) in [6, 6.07) is 8.36. The number of carbonyl (C=O) groups is 1. The molecule has 39 heavy (non-hydrogen) atoms. The molecule has 0 spiro atoms. The molecule has 0 radical (unpaired) electrons. The molecule has 6 unspecified atom stereocenters. The third-order valence-electron chi connectivity index (χ3n) is 13.5. The van der Waals surface area contributed by atoms with Gasteiger partial charge in [0, 0.05) is 30.9 Å². The van der Waals surface area contributed by atoms with Crippen LogP contribution in [0.4, 0.5) is 5.69 Å². The quantitative estimate of drug-likeness (QED) is 0.397. The second-order valence-corrected chi connectivity index (χ2v) is 15.1. The number of piperidine rings is 1. The van der Waals surface area contributed by atoms with Crippen LogP contribution in [-0.4, -0.2) is 25.5 Å². The lowest BCUT2D eigenvalue weighted by Gasteiger charge is -2.63. The van der Waals surface area contributed by atoms with Gasteiger partial charge in [0.25, 0.3) is 5.91 Å². The Bertz CT molecular complexity index is 998. The Kier molecular flexibility index (Phi) is 7.83. The van der Waals surface area contributed by atoms with Crippen molar-refractivity contribution in [1.82, 2.24) is 5.32 Å². The second-order valence-electron chi connectivity index (χ2n) is 15.1. The molecule has 5 aliphatic rings. The van der Waals surface area contributed by atoms with E-state index in [4.69, 9.17) is 0 Å². The topological polar surface area (TPSA) is 32.3 Å². The highest BCUT2D eigenvalue weighted by Crippen LogP contribution is 2.69. The summed E-state index contributed by atoms with van der Waals surface area (Å²) in [5, 5.41) is 3.35. The molecule has 216 valence electrons. The van der Waals surface area contributed by atoms with Crippen molar-refractivity contribution in [3.8, 4) is 0 Å². The van der Waals surface area contributed by atoms with Gasteiger partial charge in [-0.05, 0) is 141 Å². The van der Waals surface area contributed by atoms with Crippen molar-refractivity contribution in [3.05, 3.63) is 29.8 Å². The number of rotatable bonds is 6. The van der Waals surface area contributed by atoms with Gasteiger partial charge in [0.15, 0.2) is 0 Å². The average Bonchev–Trinajstić information content (AvgIpc) is 3.33. The first kappa shape index (κ1) is 27.6. The Hall–Kier alpha value is -1.51. The fraction of sp³-hybridized carbons (Fsp3) is 0.806. The van der Waals surface area contributed by atoms with Crippen molar-refractivity contribution in [1.29, 1.82) is 0 Å². The van der Waals surface area contributed by atoms with Crippen LogP contribution >= 0.6 is 0 Å². The molecule has 3 nitrogen and oxygen atoms in total. The minimum Gasteiger partial charge on any atom is -0.372 e. The number of anilines is 1. The van der Waals surface area contributed by atoms with Gasteiger partial charge in [0.2, 0.25) is 0 Å². The van der Waals surface area contributed by atoms with E-state index in [0.29, 0.717) is 16.7 Å². The second kappa shape index (κ2) is 11.1. The first-order valence-electron chi connectivity index (χ1n) is 17.0. The third kappa shape index (κ3) is 4.86. The highest BCUT2D eigenvalue weighted by molar-refractivity contribution is 5.94. The van der Waals surface area contributed by atoms with Gasteiger partial charge in [-0.25, -0.2) is 0 Å². The van der Waals surface area contributed by atoms with Crippen LogP contribution in [0.15, 0.2) is 24.3 Å². The van der Waals surface area contributed by atoms with Gasteiger partial charge in [-0.15, -0.1) is 0 Å². The zero-order chi connectivity index (χ0) is 27.2. The van der Waals surface area contributed by atoms with E-state index >= 15 is 0 Å². The molecule has 0 aromatic heterocycles. The summed E-state index contributed by atoms with van der Waals surface area (Å²) in [4.78, 5) is 15.6. The van der Waals surface area contributed by atoms with Crippen molar-refractivity contribution < 1.29 is 4.79 Å². The predicted octanol–water partition coefficient (Wildman–Crippen LogP) is 8.73. The predicted molar refractivity (Wildman–Crippen MR) is 163 cm³/mol. The number of nitrogens with zero attached hydrogens (tertiary/aromatic N) is 1. The van der Waals surface area contributed by atoms with E-state index in [1.807, 2.05) is 12.1 Å². The highest BCUT2D eigenvalue weighted by atomic mass is 16.1. The molecule has 1 heterocycles. The molecule has 1 aromatic carbocycles. The van der Waals surface area contributed by atoms with Crippen molar-refractivity contribution >= 4 is 11.6 Å². The summed E-state index contributed by atoms with van der Waals surface area (Å²) in [5.74, 6) is 6.13. The maximum absolute atomic E-state index is 13.1. The summed E-state index contributed by atoms with van der Waals surface area (Å²) in [7, 11) is 0. The van der Waals surface area contributed by atoms with Gasteiger partial charge in [-0.1, -0.05) is 47.0 Å². The monoisotopic (exact) mass is 532 g/mol. The van der Waals surface area contributed by atoms with E-state index in [2.05, 4.69) is 50.0 Å². The van der Waals surface area contributed by atoms with Crippen LogP contribution in [-0.2, 0) is 0 Å². The van der Waals surface area contributed by atoms with E-state index < -0.39 is 0 Å². The van der Waals surface area contributed by atoms with Gasteiger partial charge in [-0.2, -0.15) is 0 Å². The lowest BCUT2D eigenvalue weighted by atomic mass is 9.42. The normalized spacial score (nSPS) is 40.8. The van der Waals surface area contributed by atoms with Crippen LogP contribution in [0.3, 0.4) is 0 Å². The third-order valence-corrected chi connectivity index (χ3v) is 13.5. The number of benzene rings is 1. The van der Waals surface area contributed by atoms with Gasteiger partial charge >= 0.3 is 0 Å². The van der Waals surface area contributed by atoms with E-state index in [9.17, 15) is 4.79 Å². The molecule has 1 aromatic rings. The molecule has 3 heteroatoms. The minimum absolute atomic E-state index is 0.102. The molecule has 6 rings (SSSR count). The zero-order valence-corrected chi connectivity index (χ0v) is 25.5. The van der Waals surface area contributed by atoms with Crippen LogP contribution in [0, 0.1) is 52.3 Å². The van der Waals surface area contributed by atoms with E-state index in [1.54, 1.807) is 0 Å². The Morgan fingerprint density at radius 2 is 1.64 bits per heavy atom. The Morgan fingerprint density at radius 1 is 0.897 bits per heavy atom. The molecule has 1 amide bonds. The van der Waals surface area contributed by atoms with Gasteiger partial charge in [0.05, 0.1) is 0 Å². The largest absolute Gasteiger partial charge is 0.372 e. The summed E-state index contributed by atoms with van der Waals surface area (Å²) >= 11 is 0. The van der Waals surface area contributed by atoms with Crippen molar-refractivity contribution in [2.45, 2.75) is 111 Å². The van der Waals surface area contributed by atoms with Crippen molar-refractivity contribution in [2.75, 3.05) is 24.5 Å². The molecule has 9 atom stereocenters. The maximum atomic E-state index is 13.1. The first-order valence-corrected chi connectivity index (χ1v) is 17.0. The van der Waals surface area contributed by atoms with Crippen LogP contribution < -0.4 is 10.2 Å². The molecule has 1 aliphatic heterocycles. The zero-order valence-electron chi connectivity index (χ0n) is 25.5. The lowest BCUT2D eigenvalue weighted by molar-refractivity contribution is -0.137. The average molecular weight is 533 g/mol. The standard InChI is InChI=1S/C36H56N2O/c1-5-26-23-29-32-17-16-30(36(32,4)20-18-33(29)35(3)19-8-7-11-31(26)35)25(2)24-37-34(39)27-12-14-28(15-13-27)38-21-9-6-10-22-38/h12-15,25-26,29-33H,5-11,16-24H2,1-4H3,(H,37,39)/t25-,26+,29?,30?,31?,32?,33+,35?,36?/m1/s1. The maximum Gasteiger partial charge on any atom is 0.251 e. The highest BCUT2D eigenvalue weighted by Gasteiger charge is 2.61. The number of amides is 1. The van der Waals surface area contributed by atoms with E-state index in [0.717, 1.165) is 60.7 Å². The Morgan fingerprint density at radius 3 is 2.38 bits per heavy atom. The molecular formula is C36H56N2O.